The van der Waals surface area contributed by atoms with Crippen LogP contribution < -0.4 is 0 Å². The van der Waals surface area contributed by atoms with Gasteiger partial charge in [-0.2, -0.15) is 0 Å². The van der Waals surface area contributed by atoms with E-state index in [4.69, 9.17) is 0 Å². The summed E-state index contributed by atoms with van der Waals surface area (Å²) in [6, 6.07) is 8.60. The Morgan fingerprint density at radius 1 is 1.05 bits per heavy atom. The largest absolute Gasteiger partial charge is 0.339 e. The average Bonchev–Trinajstić information content (AvgIpc) is 3.06. The summed E-state index contributed by atoms with van der Waals surface area (Å²) >= 11 is 0. The van der Waals surface area contributed by atoms with E-state index in [1.54, 1.807) is 24.3 Å². The number of sulfonamides is 1. The van der Waals surface area contributed by atoms with E-state index in [0.717, 1.165) is 32.7 Å². The number of hydrogen-bond donors (Lipinski definition) is 0. The monoisotopic (exact) mass is 322 g/mol. The Hall–Kier alpha value is -1.60. The lowest BCUT2D eigenvalue weighted by atomic mass is 10.3. The van der Waals surface area contributed by atoms with Crippen LogP contribution in [0.3, 0.4) is 0 Å². The number of nitrogens with zero attached hydrogens (tertiary/aromatic N) is 4. The fraction of sp³-hybridized carbons (Fsp3) is 0.533. The van der Waals surface area contributed by atoms with E-state index < -0.39 is 10.0 Å². The molecular weight excluding hydrogens is 300 g/mol. The average molecular weight is 322 g/mol. The summed E-state index contributed by atoms with van der Waals surface area (Å²) in [7, 11) is -3.51. The molecule has 1 saturated heterocycles. The lowest BCUT2D eigenvalue weighted by Crippen LogP contribution is -2.53. The van der Waals surface area contributed by atoms with Gasteiger partial charge in [-0.3, -0.25) is 4.99 Å². The number of aliphatic imine (C=N–C) groups is 1. The first-order valence-corrected chi connectivity index (χ1v) is 9.16. The molecule has 0 spiro atoms. The molecule has 0 saturated carbocycles. The number of rotatable bonds is 3. The number of guanidine groups is 1. The molecule has 0 N–H and O–H groups in total. The molecule has 0 bridgehead atoms. The van der Waals surface area contributed by atoms with Crippen LogP contribution in [-0.2, 0) is 10.0 Å². The fourth-order valence-electron chi connectivity index (χ4n) is 2.89. The molecule has 0 amide bonds. The fourth-order valence-corrected chi connectivity index (χ4v) is 4.35. The van der Waals surface area contributed by atoms with Gasteiger partial charge >= 0.3 is 0 Å². The predicted molar refractivity (Wildman–Crippen MR) is 86.3 cm³/mol. The van der Waals surface area contributed by atoms with Crippen LogP contribution in [0.2, 0.25) is 0 Å². The predicted octanol–water partition coefficient (Wildman–Crippen LogP) is 0.684. The van der Waals surface area contributed by atoms with E-state index in [-0.39, 0.29) is 0 Å². The summed E-state index contributed by atoms with van der Waals surface area (Å²) in [6.45, 7) is 7.71. The topological polar surface area (TPSA) is 56.2 Å². The molecule has 0 aromatic heterocycles. The van der Waals surface area contributed by atoms with Gasteiger partial charge in [-0.05, 0) is 18.7 Å². The van der Waals surface area contributed by atoms with Crippen LogP contribution in [0.15, 0.2) is 40.2 Å². The number of benzene rings is 1. The minimum atomic E-state index is -3.51. The molecular formula is C15H22N4O2S. The van der Waals surface area contributed by atoms with Gasteiger partial charge in [0.25, 0.3) is 10.0 Å². The minimum Gasteiger partial charge on any atom is -0.339 e. The van der Waals surface area contributed by atoms with Crippen molar-refractivity contribution >= 4 is 16.0 Å². The van der Waals surface area contributed by atoms with Crippen LogP contribution in [0.25, 0.3) is 0 Å². The summed E-state index contributed by atoms with van der Waals surface area (Å²) in [5, 5.41) is 0. The van der Waals surface area contributed by atoms with Gasteiger partial charge in [-0.1, -0.05) is 25.1 Å². The molecule has 1 aromatic carbocycles. The highest BCUT2D eigenvalue weighted by Crippen LogP contribution is 2.20. The van der Waals surface area contributed by atoms with Gasteiger partial charge in [0.15, 0.2) is 0 Å². The Bertz CT molecular complexity index is 637. The maximum atomic E-state index is 12.8. The third-order valence-electron chi connectivity index (χ3n) is 4.21. The second-order valence-electron chi connectivity index (χ2n) is 5.49. The molecule has 2 aliphatic rings. The summed E-state index contributed by atoms with van der Waals surface area (Å²) in [6.07, 6.45) is 0. The lowest BCUT2D eigenvalue weighted by Gasteiger charge is -2.37. The molecule has 22 heavy (non-hydrogen) atoms. The van der Waals surface area contributed by atoms with Crippen molar-refractivity contribution in [3.63, 3.8) is 0 Å². The Balaban J connectivity index is 1.79. The molecule has 2 heterocycles. The van der Waals surface area contributed by atoms with E-state index in [2.05, 4.69) is 21.7 Å². The van der Waals surface area contributed by atoms with Crippen molar-refractivity contribution in [2.24, 2.45) is 4.99 Å². The van der Waals surface area contributed by atoms with Gasteiger partial charge in [-0.15, -0.1) is 0 Å². The van der Waals surface area contributed by atoms with Crippen molar-refractivity contribution in [1.29, 1.82) is 0 Å². The molecule has 120 valence electrons. The molecule has 0 aliphatic carbocycles. The molecule has 6 nitrogen and oxygen atoms in total. The summed E-state index contributed by atoms with van der Waals surface area (Å²) in [4.78, 5) is 9.24. The molecule has 1 aromatic rings. The van der Waals surface area contributed by atoms with Crippen molar-refractivity contribution in [2.75, 3.05) is 45.8 Å². The zero-order valence-electron chi connectivity index (χ0n) is 12.9. The first-order valence-electron chi connectivity index (χ1n) is 7.72. The number of hydrogen-bond acceptors (Lipinski definition) is 5. The molecule has 0 radical (unpaired) electrons. The Morgan fingerprint density at radius 3 is 2.36 bits per heavy atom. The molecule has 2 aliphatic heterocycles. The van der Waals surface area contributed by atoms with Crippen molar-refractivity contribution < 1.29 is 8.42 Å². The van der Waals surface area contributed by atoms with Gasteiger partial charge in [0, 0.05) is 26.2 Å². The van der Waals surface area contributed by atoms with E-state index in [1.807, 2.05) is 6.07 Å². The Kier molecular flexibility index (Phi) is 4.35. The highest BCUT2D eigenvalue weighted by molar-refractivity contribution is 7.89. The van der Waals surface area contributed by atoms with Crippen LogP contribution in [0.5, 0.6) is 0 Å². The van der Waals surface area contributed by atoms with Crippen molar-refractivity contribution in [3.8, 4) is 0 Å². The van der Waals surface area contributed by atoms with Crippen LogP contribution in [0.4, 0.5) is 0 Å². The lowest BCUT2D eigenvalue weighted by molar-refractivity contribution is 0.184. The molecule has 0 unspecified atom stereocenters. The molecule has 7 heteroatoms. The SMILES string of the molecule is CCN1CCN(C2=NCCN2S(=O)(=O)c2ccccc2)CC1. The van der Waals surface area contributed by atoms with Gasteiger partial charge in [-0.25, -0.2) is 12.7 Å². The van der Waals surface area contributed by atoms with E-state index >= 15 is 0 Å². The quantitative estimate of drug-likeness (QED) is 0.821. The molecule has 1 fully saturated rings. The van der Waals surface area contributed by atoms with Crippen LogP contribution >= 0.6 is 0 Å². The normalized spacial score (nSPS) is 20.3. The Morgan fingerprint density at radius 2 is 1.73 bits per heavy atom. The summed E-state index contributed by atoms with van der Waals surface area (Å²) < 4.78 is 27.1. The van der Waals surface area contributed by atoms with Gasteiger partial charge in [0.2, 0.25) is 5.96 Å². The van der Waals surface area contributed by atoms with Crippen molar-refractivity contribution in [2.45, 2.75) is 11.8 Å². The van der Waals surface area contributed by atoms with Crippen molar-refractivity contribution in [1.82, 2.24) is 14.1 Å². The van der Waals surface area contributed by atoms with Gasteiger partial charge < -0.3 is 9.80 Å². The summed E-state index contributed by atoms with van der Waals surface area (Å²) in [5.74, 6) is 0.611. The second kappa shape index (κ2) is 6.26. The van der Waals surface area contributed by atoms with Gasteiger partial charge in [0.1, 0.15) is 0 Å². The third kappa shape index (κ3) is 2.83. The maximum Gasteiger partial charge on any atom is 0.266 e. The summed E-state index contributed by atoms with van der Waals surface area (Å²) in [5.41, 5.74) is 0. The Labute approximate surface area is 132 Å². The second-order valence-corrected chi connectivity index (χ2v) is 7.36. The van der Waals surface area contributed by atoms with Crippen molar-refractivity contribution in [3.05, 3.63) is 30.3 Å². The highest BCUT2D eigenvalue weighted by Gasteiger charge is 2.34. The first-order chi connectivity index (χ1) is 10.6. The van der Waals surface area contributed by atoms with E-state index in [0.29, 0.717) is 23.9 Å². The zero-order valence-corrected chi connectivity index (χ0v) is 13.7. The van der Waals surface area contributed by atoms with E-state index in [1.165, 1.54) is 4.31 Å². The molecule has 3 rings (SSSR count). The minimum absolute atomic E-state index is 0.330. The third-order valence-corrected chi connectivity index (χ3v) is 6.01. The zero-order chi connectivity index (χ0) is 15.6. The van der Waals surface area contributed by atoms with Crippen LogP contribution in [0, 0.1) is 0 Å². The maximum absolute atomic E-state index is 12.8. The van der Waals surface area contributed by atoms with Crippen LogP contribution in [-0.4, -0.2) is 74.3 Å². The highest BCUT2D eigenvalue weighted by atomic mass is 32.2. The van der Waals surface area contributed by atoms with Crippen LogP contribution in [0.1, 0.15) is 6.92 Å². The standard InChI is InChI=1S/C15H22N4O2S/c1-2-17-10-12-18(13-11-17)15-16-8-9-19(15)22(20,21)14-6-4-3-5-7-14/h3-7H,2,8-13H2,1H3. The number of likely N-dealkylation sites (N-methyl/N-ethyl adjacent to an activating group) is 1. The molecule has 0 atom stereocenters. The first kappa shape index (κ1) is 15.3. The smallest absolute Gasteiger partial charge is 0.266 e. The van der Waals surface area contributed by atoms with E-state index in [9.17, 15) is 8.42 Å². The number of piperazine rings is 1. The van der Waals surface area contributed by atoms with Gasteiger partial charge in [0.05, 0.1) is 18.0 Å².